The lowest BCUT2D eigenvalue weighted by molar-refractivity contribution is 1.03. The predicted molar refractivity (Wildman–Crippen MR) is 94.4 cm³/mol. The maximum absolute atomic E-state index is 2.35. The van der Waals surface area contributed by atoms with Gasteiger partial charge in [-0.05, 0) is 30.5 Å². The maximum Gasteiger partial charge on any atom is 0.0490 e. The fraction of sp³-hybridized carbons (Fsp3) is 0.200. The van der Waals surface area contributed by atoms with E-state index >= 15 is 0 Å². The van der Waals surface area contributed by atoms with Gasteiger partial charge in [0.25, 0.3) is 0 Å². The van der Waals surface area contributed by atoms with Crippen molar-refractivity contribution < 1.29 is 0 Å². The topological polar surface area (TPSA) is 3.24 Å². The van der Waals surface area contributed by atoms with Gasteiger partial charge in [-0.3, -0.25) is 0 Å². The van der Waals surface area contributed by atoms with Gasteiger partial charge in [-0.1, -0.05) is 68.4 Å². The molecular weight excluding hydrogens is 254 g/mol. The van der Waals surface area contributed by atoms with E-state index in [2.05, 4.69) is 84.6 Å². The molecule has 0 unspecified atom stereocenters. The average molecular weight is 277 g/mol. The standard InChI is InChI=1S/C18H17N.C2H6/c1-2-19(16-11-4-3-5-12-16)18-14-8-10-15-9-6-7-13-17(15)18;1-2/h3-14H,2H2,1H3;1-2H3. The van der Waals surface area contributed by atoms with Gasteiger partial charge in [-0.2, -0.15) is 0 Å². The molecule has 0 N–H and O–H groups in total. The second-order valence-electron chi connectivity index (χ2n) is 4.58. The molecule has 0 spiro atoms. The first kappa shape index (κ1) is 15.1. The molecule has 1 nitrogen and oxygen atoms in total. The first-order valence-corrected chi connectivity index (χ1v) is 7.70. The van der Waals surface area contributed by atoms with Gasteiger partial charge < -0.3 is 4.90 Å². The number of hydrogen-bond acceptors (Lipinski definition) is 1. The summed E-state index contributed by atoms with van der Waals surface area (Å²) in [6.07, 6.45) is 0. The third-order valence-corrected chi connectivity index (χ3v) is 3.44. The third-order valence-electron chi connectivity index (χ3n) is 3.44. The Kier molecular flexibility index (Phi) is 5.39. The van der Waals surface area contributed by atoms with Gasteiger partial charge in [0.15, 0.2) is 0 Å². The van der Waals surface area contributed by atoms with Crippen molar-refractivity contribution >= 4 is 22.1 Å². The fourth-order valence-corrected chi connectivity index (χ4v) is 2.54. The first-order valence-electron chi connectivity index (χ1n) is 7.70. The number of rotatable bonds is 3. The molecule has 21 heavy (non-hydrogen) atoms. The van der Waals surface area contributed by atoms with E-state index in [1.54, 1.807) is 0 Å². The Morgan fingerprint density at radius 2 is 1.33 bits per heavy atom. The number of hydrogen-bond donors (Lipinski definition) is 0. The van der Waals surface area contributed by atoms with Crippen molar-refractivity contribution in [3.05, 3.63) is 72.8 Å². The highest BCUT2D eigenvalue weighted by molar-refractivity contribution is 5.96. The van der Waals surface area contributed by atoms with Crippen LogP contribution in [0, 0.1) is 0 Å². The molecule has 1 heteroatoms. The van der Waals surface area contributed by atoms with Crippen LogP contribution in [0.3, 0.4) is 0 Å². The van der Waals surface area contributed by atoms with Crippen molar-refractivity contribution in [2.24, 2.45) is 0 Å². The number of anilines is 2. The van der Waals surface area contributed by atoms with Gasteiger partial charge >= 0.3 is 0 Å². The quantitative estimate of drug-likeness (QED) is 0.565. The highest BCUT2D eigenvalue weighted by Gasteiger charge is 2.09. The molecule has 0 atom stereocenters. The maximum atomic E-state index is 2.35. The second-order valence-corrected chi connectivity index (χ2v) is 4.58. The van der Waals surface area contributed by atoms with Crippen molar-refractivity contribution in [3.8, 4) is 0 Å². The summed E-state index contributed by atoms with van der Waals surface area (Å²) in [6.45, 7) is 7.15. The fourth-order valence-electron chi connectivity index (χ4n) is 2.54. The second kappa shape index (κ2) is 7.49. The summed E-state index contributed by atoms with van der Waals surface area (Å²) < 4.78 is 0. The summed E-state index contributed by atoms with van der Waals surface area (Å²) in [5.41, 5.74) is 2.51. The molecule has 0 aliphatic heterocycles. The minimum Gasteiger partial charge on any atom is -0.341 e. The Balaban J connectivity index is 0.000000774. The highest BCUT2D eigenvalue weighted by Crippen LogP contribution is 2.31. The van der Waals surface area contributed by atoms with E-state index in [9.17, 15) is 0 Å². The van der Waals surface area contributed by atoms with E-state index in [4.69, 9.17) is 0 Å². The molecule has 3 rings (SSSR count). The Hall–Kier alpha value is -2.28. The van der Waals surface area contributed by atoms with E-state index in [1.807, 2.05) is 13.8 Å². The van der Waals surface area contributed by atoms with Gasteiger partial charge in [-0.15, -0.1) is 0 Å². The van der Waals surface area contributed by atoms with Gasteiger partial charge in [0, 0.05) is 23.3 Å². The average Bonchev–Trinajstić information content (AvgIpc) is 2.59. The van der Waals surface area contributed by atoms with Crippen LogP contribution in [0.25, 0.3) is 10.8 Å². The SMILES string of the molecule is CC.CCN(c1ccccc1)c1cccc2ccccc12. The Labute approximate surface area is 127 Å². The molecule has 0 aromatic heterocycles. The molecule has 0 heterocycles. The lowest BCUT2D eigenvalue weighted by atomic mass is 10.1. The van der Waals surface area contributed by atoms with Crippen LogP contribution in [0.5, 0.6) is 0 Å². The van der Waals surface area contributed by atoms with Crippen LogP contribution < -0.4 is 4.90 Å². The smallest absolute Gasteiger partial charge is 0.0490 e. The Morgan fingerprint density at radius 3 is 2.05 bits per heavy atom. The van der Waals surface area contributed by atoms with Gasteiger partial charge in [-0.25, -0.2) is 0 Å². The molecule has 108 valence electrons. The number of fused-ring (bicyclic) bond motifs is 1. The Morgan fingerprint density at radius 1 is 0.714 bits per heavy atom. The number of benzene rings is 3. The Bertz CT molecular complexity index is 668. The molecule has 0 aliphatic rings. The first-order chi connectivity index (χ1) is 10.4. The normalized spacial score (nSPS) is 9.86. The van der Waals surface area contributed by atoms with Crippen LogP contribution in [-0.2, 0) is 0 Å². The minimum atomic E-state index is 0.956. The van der Waals surface area contributed by atoms with Crippen LogP contribution in [0.4, 0.5) is 11.4 Å². The summed E-state index contributed by atoms with van der Waals surface area (Å²) in [4.78, 5) is 2.35. The van der Waals surface area contributed by atoms with Gasteiger partial charge in [0.1, 0.15) is 0 Å². The van der Waals surface area contributed by atoms with E-state index in [-0.39, 0.29) is 0 Å². The zero-order chi connectivity index (χ0) is 15.1. The lowest BCUT2D eigenvalue weighted by Crippen LogP contribution is -2.16. The number of nitrogens with zero attached hydrogens (tertiary/aromatic N) is 1. The van der Waals surface area contributed by atoms with Crippen LogP contribution in [-0.4, -0.2) is 6.54 Å². The van der Waals surface area contributed by atoms with Gasteiger partial charge in [0.2, 0.25) is 0 Å². The number of para-hydroxylation sites is 1. The molecule has 0 fully saturated rings. The summed E-state index contributed by atoms with van der Waals surface area (Å²) in [5.74, 6) is 0. The van der Waals surface area contributed by atoms with Crippen molar-refractivity contribution in [1.29, 1.82) is 0 Å². The third kappa shape index (κ3) is 3.25. The highest BCUT2D eigenvalue weighted by atomic mass is 15.1. The summed E-state index contributed by atoms with van der Waals surface area (Å²) in [7, 11) is 0. The summed E-state index contributed by atoms with van der Waals surface area (Å²) in [6, 6.07) is 25.6. The van der Waals surface area contributed by atoms with Crippen LogP contribution in [0.1, 0.15) is 20.8 Å². The molecule has 0 bridgehead atoms. The van der Waals surface area contributed by atoms with Gasteiger partial charge in [0.05, 0.1) is 0 Å². The molecule has 0 saturated heterocycles. The largest absolute Gasteiger partial charge is 0.341 e. The van der Waals surface area contributed by atoms with E-state index in [0.717, 1.165) is 6.54 Å². The molecule has 0 aliphatic carbocycles. The summed E-state index contributed by atoms with van der Waals surface area (Å²) in [5, 5.41) is 2.59. The van der Waals surface area contributed by atoms with Crippen LogP contribution >= 0.6 is 0 Å². The molecule has 3 aromatic carbocycles. The lowest BCUT2D eigenvalue weighted by Gasteiger charge is -2.24. The zero-order valence-corrected chi connectivity index (χ0v) is 13.1. The zero-order valence-electron chi connectivity index (χ0n) is 13.1. The molecule has 0 amide bonds. The molecule has 0 saturated carbocycles. The van der Waals surface area contributed by atoms with Crippen LogP contribution in [0.15, 0.2) is 72.8 Å². The molecular formula is C20H23N. The van der Waals surface area contributed by atoms with E-state index in [0.29, 0.717) is 0 Å². The van der Waals surface area contributed by atoms with Crippen molar-refractivity contribution in [3.63, 3.8) is 0 Å². The van der Waals surface area contributed by atoms with E-state index < -0.39 is 0 Å². The predicted octanol–water partition coefficient (Wildman–Crippen LogP) is 6.02. The van der Waals surface area contributed by atoms with Crippen molar-refractivity contribution in [2.75, 3.05) is 11.4 Å². The van der Waals surface area contributed by atoms with E-state index in [1.165, 1.54) is 22.1 Å². The minimum absolute atomic E-state index is 0.956. The monoisotopic (exact) mass is 277 g/mol. The van der Waals surface area contributed by atoms with Crippen molar-refractivity contribution in [1.82, 2.24) is 0 Å². The van der Waals surface area contributed by atoms with Crippen molar-refractivity contribution in [2.45, 2.75) is 20.8 Å². The summed E-state index contributed by atoms with van der Waals surface area (Å²) >= 11 is 0. The van der Waals surface area contributed by atoms with Crippen LogP contribution in [0.2, 0.25) is 0 Å². The molecule has 0 radical (unpaired) electrons. The molecule has 3 aromatic rings.